The van der Waals surface area contributed by atoms with Gasteiger partial charge in [-0.2, -0.15) is 0 Å². The Hall–Kier alpha value is -0.800. The number of rotatable bonds is 3. The zero-order valence-electron chi connectivity index (χ0n) is 8.58. The number of anilines is 1. The van der Waals surface area contributed by atoms with Gasteiger partial charge in [0.15, 0.2) is 0 Å². The molecular weight excluding hydrogens is 330 g/mol. The Morgan fingerprint density at radius 2 is 1.69 bits per heavy atom. The van der Waals surface area contributed by atoms with Gasteiger partial charge in [0, 0.05) is 21.2 Å². The summed E-state index contributed by atoms with van der Waals surface area (Å²) in [6, 6.07) is 16.4. The summed E-state index contributed by atoms with van der Waals surface area (Å²) in [5, 5.41) is 3.39. The largest absolute Gasteiger partial charge is 0.380 e. The number of hydrogen-bond donors (Lipinski definition) is 1. The highest BCUT2D eigenvalue weighted by Crippen LogP contribution is 2.26. The van der Waals surface area contributed by atoms with Gasteiger partial charge in [0.25, 0.3) is 0 Å². The highest BCUT2D eigenvalue weighted by atomic mass is 79.9. The quantitative estimate of drug-likeness (QED) is 0.844. The van der Waals surface area contributed by atoms with Crippen LogP contribution in [0.3, 0.4) is 0 Å². The Labute approximate surface area is 112 Å². The fourth-order valence-corrected chi connectivity index (χ4v) is 2.17. The van der Waals surface area contributed by atoms with Crippen molar-refractivity contribution in [1.29, 1.82) is 0 Å². The zero-order valence-corrected chi connectivity index (χ0v) is 11.8. The summed E-state index contributed by atoms with van der Waals surface area (Å²) in [5.41, 5.74) is 2.37. The molecular formula is C13H11Br2N. The van der Waals surface area contributed by atoms with Crippen LogP contribution in [0.4, 0.5) is 5.69 Å². The molecule has 0 aliphatic carbocycles. The van der Waals surface area contributed by atoms with Crippen LogP contribution in [0.15, 0.2) is 57.5 Å². The molecule has 0 saturated carbocycles. The van der Waals surface area contributed by atoms with Gasteiger partial charge in [-0.05, 0) is 39.7 Å². The van der Waals surface area contributed by atoms with E-state index in [1.807, 2.05) is 30.3 Å². The molecule has 3 heteroatoms. The average Bonchev–Trinajstić information content (AvgIpc) is 2.32. The van der Waals surface area contributed by atoms with Crippen molar-refractivity contribution in [2.45, 2.75) is 6.54 Å². The van der Waals surface area contributed by atoms with E-state index >= 15 is 0 Å². The third kappa shape index (κ3) is 3.09. The minimum Gasteiger partial charge on any atom is -0.380 e. The maximum absolute atomic E-state index is 3.52. The van der Waals surface area contributed by atoms with Gasteiger partial charge in [-0.1, -0.05) is 46.3 Å². The fourth-order valence-electron chi connectivity index (χ4n) is 1.43. The van der Waals surface area contributed by atoms with Gasteiger partial charge in [-0.25, -0.2) is 0 Å². The number of nitrogens with one attached hydrogen (secondary N) is 1. The van der Waals surface area contributed by atoms with Crippen LogP contribution in [0.2, 0.25) is 0 Å². The Morgan fingerprint density at radius 3 is 2.44 bits per heavy atom. The highest BCUT2D eigenvalue weighted by molar-refractivity contribution is 9.11. The standard InChI is InChI=1S/C13H11Br2N/c14-11-6-7-12(15)13(8-11)16-9-10-4-2-1-3-5-10/h1-8,16H,9H2. The molecule has 0 atom stereocenters. The minimum absolute atomic E-state index is 0.829. The Balaban J connectivity index is 2.08. The second-order valence-electron chi connectivity index (χ2n) is 3.46. The number of halogens is 2. The highest BCUT2D eigenvalue weighted by Gasteiger charge is 1.99. The van der Waals surface area contributed by atoms with Gasteiger partial charge in [-0.15, -0.1) is 0 Å². The molecule has 0 amide bonds. The van der Waals surface area contributed by atoms with Crippen molar-refractivity contribution in [2.24, 2.45) is 0 Å². The first kappa shape index (κ1) is 11.7. The van der Waals surface area contributed by atoms with Gasteiger partial charge in [0.1, 0.15) is 0 Å². The predicted octanol–water partition coefficient (Wildman–Crippen LogP) is 4.82. The van der Waals surface area contributed by atoms with E-state index in [2.05, 4.69) is 55.4 Å². The fraction of sp³-hybridized carbons (Fsp3) is 0.0769. The maximum atomic E-state index is 3.52. The summed E-state index contributed by atoms with van der Waals surface area (Å²) in [7, 11) is 0. The van der Waals surface area contributed by atoms with E-state index in [1.165, 1.54) is 5.56 Å². The van der Waals surface area contributed by atoms with E-state index in [-0.39, 0.29) is 0 Å². The second kappa shape index (κ2) is 5.51. The lowest BCUT2D eigenvalue weighted by Crippen LogP contribution is -1.99. The summed E-state index contributed by atoms with van der Waals surface area (Å²) in [4.78, 5) is 0. The van der Waals surface area contributed by atoms with Crippen LogP contribution in [-0.2, 0) is 6.54 Å². The van der Waals surface area contributed by atoms with E-state index in [4.69, 9.17) is 0 Å². The average molecular weight is 341 g/mol. The number of hydrogen-bond acceptors (Lipinski definition) is 1. The molecule has 82 valence electrons. The van der Waals surface area contributed by atoms with Crippen LogP contribution in [0.25, 0.3) is 0 Å². The van der Waals surface area contributed by atoms with E-state index in [0.717, 1.165) is 21.2 Å². The molecule has 0 saturated heterocycles. The van der Waals surface area contributed by atoms with E-state index < -0.39 is 0 Å². The molecule has 0 heterocycles. The molecule has 16 heavy (non-hydrogen) atoms. The summed E-state index contributed by atoms with van der Waals surface area (Å²) in [6.45, 7) is 0.829. The first-order chi connectivity index (χ1) is 7.75. The molecule has 0 unspecified atom stereocenters. The molecule has 0 aromatic heterocycles. The van der Waals surface area contributed by atoms with E-state index in [0.29, 0.717) is 0 Å². The van der Waals surface area contributed by atoms with Gasteiger partial charge in [0.2, 0.25) is 0 Å². The lowest BCUT2D eigenvalue weighted by atomic mass is 10.2. The van der Waals surface area contributed by atoms with E-state index in [1.54, 1.807) is 0 Å². The molecule has 0 bridgehead atoms. The van der Waals surface area contributed by atoms with E-state index in [9.17, 15) is 0 Å². The van der Waals surface area contributed by atoms with Crippen molar-refractivity contribution < 1.29 is 0 Å². The Bertz CT molecular complexity index is 469. The van der Waals surface area contributed by atoms with Crippen LogP contribution in [0.5, 0.6) is 0 Å². The summed E-state index contributed by atoms with van der Waals surface area (Å²) in [5.74, 6) is 0. The topological polar surface area (TPSA) is 12.0 Å². The molecule has 0 aliphatic rings. The van der Waals surface area contributed by atoms with Gasteiger partial charge < -0.3 is 5.32 Å². The summed E-state index contributed by atoms with van der Waals surface area (Å²) >= 11 is 6.98. The molecule has 1 N–H and O–H groups in total. The van der Waals surface area contributed by atoms with Crippen LogP contribution in [0, 0.1) is 0 Å². The SMILES string of the molecule is Brc1ccc(Br)c(NCc2ccccc2)c1. The minimum atomic E-state index is 0.829. The molecule has 0 spiro atoms. The lowest BCUT2D eigenvalue weighted by molar-refractivity contribution is 1.14. The number of benzene rings is 2. The van der Waals surface area contributed by atoms with Crippen molar-refractivity contribution in [3.05, 3.63) is 63.0 Å². The molecule has 2 aromatic rings. The third-order valence-electron chi connectivity index (χ3n) is 2.25. The van der Waals surface area contributed by atoms with Crippen LogP contribution < -0.4 is 5.32 Å². The Kier molecular flexibility index (Phi) is 4.02. The lowest BCUT2D eigenvalue weighted by Gasteiger charge is -2.09. The molecule has 0 aliphatic heterocycles. The van der Waals surface area contributed by atoms with Gasteiger partial charge in [-0.3, -0.25) is 0 Å². The summed E-state index contributed by atoms with van der Waals surface area (Å²) in [6.07, 6.45) is 0. The third-order valence-corrected chi connectivity index (χ3v) is 3.44. The molecule has 2 rings (SSSR count). The van der Waals surface area contributed by atoms with Crippen molar-refractivity contribution in [2.75, 3.05) is 5.32 Å². The molecule has 0 fully saturated rings. The van der Waals surface area contributed by atoms with Crippen molar-refractivity contribution in [3.8, 4) is 0 Å². The van der Waals surface area contributed by atoms with Crippen molar-refractivity contribution >= 4 is 37.5 Å². The summed E-state index contributed by atoms with van der Waals surface area (Å²) < 4.78 is 2.15. The van der Waals surface area contributed by atoms with Crippen molar-refractivity contribution in [1.82, 2.24) is 0 Å². The molecule has 0 radical (unpaired) electrons. The smallest absolute Gasteiger partial charge is 0.0498 e. The van der Waals surface area contributed by atoms with Crippen LogP contribution in [-0.4, -0.2) is 0 Å². The zero-order chi connectivity index (χ0) is 11.4. The first-order valence-electron chi connectivity index (χ1n) is 4.98. The molecule has 1 nitrogen and oxygen atoms in total. The van der Waals surface area contributed by atoms with Crippen LogP contribution in [0.1, 0.15) is 5.56 Å². The van der Waals surface area contributed by atoms with Crippen LogP contribution >= 0.6 is 31.9 Å². The molecule has 2 aromatic carbocycles. The Morgan fingerprint density at radius 1 is 0.938 bits per heavy atom. The van der Waals surface area contributed by atoms with Gasteiger partial charge in [0.05, 0.1) is 0 Å². The van der Waals surface area contributed by atoms with Crippen molar-refractivity contribution in [3.63, 3.8) is 0 Å². The second-order valence-corrected chi connectivity index (χ2v) is 5.23. The normalized spacial score (nSPS) is 10.1. The van der Waals surface area contributed by atoms with Gasteiger partial charge >= 0.3 is 0 Å². The predicted molar refractivity (Wildman–Crippen MR) is 75.6 cm³/mol. The maximum Gasteiger partial charge on any atom is 0.0498 e. The monoisotopic (exact) mass is 339 g/mol. The first-order valence-corrected chi connectivity index (χ1v) is 6.57.